The van der Waals surface area contributed by atoms with E-state index in [0.29, 0.717) is 32.0 Å². The van der Waals surface area contributed by atoms with Crippen LogP contribution in [-0.2, 0) is 22.6 Å². The third-order valence-electron chi connectivity index (χ3n) is 5.87. The van der Waals surface area contributed by atoms with Crippen LogP contribution >= 0.6 is 0 Å². The number of hydrogen-bond acceptors (Lipinski definition) is 4. The quantitative estimate of drug-likeness (QED) is 0.494. The number of hydrogen-bond donors (Lipinski definition) is 1. The molecule has 1 aliphatic carbocycles. The Morgan fingerprint density at radius 1 is 1.20 bits per heavy atom. The van der Waals surface area contributed by atoms with Crippen LogP contribution in [0.2, 0.25) is 0 Å². The molecule has 0 unspecified atom stereocenters. The number of nitrogens with one attached hydrogen (secondary N) is 1. The number of nitrogens with zero attached hydrogens (tertiary/aromatic N) is 1. The summed E-state index contributed by atoms with van der Waals surface area (Å²) in [6, 6.07) is 10.3. The standard InChI is InChI=1S/C25H30N2O3/c1-3-29-24(28)11-8-21-13-20-14-22(9-10-23(20)27-21)30-16-18-12-17(2)25(26-15-18)19-6-4-5-7-19/h9-10,12-15,19,27H,3-8,11,16H2,1-2H3. The number of carbonyl (C=O) groups excluding carboxylic acids is 1. The Balaban J connectivity index is 1.38. The predicted molar refractivity (Wildman–Crippen MR) is 118 cm³/mol. The van der Waals surface area contributed by atoms with E-state index in [4.69, 9.17) is 14.5 Å². The Bertz CT molecular complexity index is 1020. The van der Waals surface area contributed by atoms with Crippen molar-refractivity contribution in [1.82, 2.24) is 9.97 Å². The zero-order valence-corrected chi connectivity index (χ0v) is 17.9. The van der Waals surface area contributed by atoms with E-state index in [1.807, 2.05) is 31.3 Å². The van der Waals surface area contributed by atoms with Gasteiger partial charge in [-0.3, -0.25) is 9.78 Å². The lowest BCUT2D eigenvalue weighted by Gasteiger charge is -2.13. The average molecular weight is 407 g/mol. The fraction of sp³-hybridized carbons (Fsp3) is 0.440. The lowest BCUT2D eigenvalue weighted by atomic mass is 9.98. The van der Waals surface area contributed by atoms with Crippen molar-refractivity contribution in [2.45, 2.75) is 64.9 Å². The second kappa shape index (κ2) is 9.33. The number of aryl methyl sites for hydroxylation is 2. The van der Waals surface area contributed by atoms with Gasteiger partial charge >= 0.3 is 5.97 Å². The molecule has 0 atom stereocenters. The van der Waals surface area contributed by atoms with Crippen LogP contribution in [0.4, 0.5) is 0 Å². The largest absolute Gasteiger partial charge is 0.489 e. The van der Waals surface area contributed by atoms with Gasteiger partial charge in [-0.05, 0) is 69.0 Å². The summed E-state index contributed by atoms with van der Waals surface area (Å²) >= 11 is 0. The number of rotatable bonds is 8. The average Bonchev–Trinajstić information content (AvgIpc) is 3.40. The Morgan fingerprint density at radius 3 is 2.80 bits per heavy atom. The summed E-state index contributed by atoms with van der Waals surface area (Å²) in [5, 5.41) is 1.08. The lowest BCUT2D eigenvalue weighted by molar-refractivity contribution is -0.143. The lowest BCUT2D eigenvalue weighted by Crippen LogP contribution is -2.05. The maximum absolute atomic E-state index is 11.6. The maximum Gasteiger partial charge on any atom is 0.306 e. The fourth-order valence-corrected chi connectivity index (χ4v) is 4.38. The number of benzene rings is 1. The zero-order valence-electron chi connectivity index (χ0n) is 17.9. The van der Waals surface area contributed by atoms with Crippen LogP contribution in [0, 0.1) is 6.92 Å². The molecule has 5 nitrogen and oxygen atoms in total. The summed E-state index contributed by atoms with van der Waals surface area (Å²) in [7, 11) is 0. The van der Waals surface area contributed by atoms with Gasteiger partial charge in [-0.2, -0.15) is 0 Å². The molecule has 3 aromatic rings. The van der Waals surface area contributed by atoms with Crippen molar-refractivity contribution in [2.75, 3.05) is 6.61 Å². The third-order valence-corrected chi connectivity index (χ3v) is 5.87. The minimum absolute atomic E-state index is 0.164. The Labute approximate surface area is 177 Å². The predicted octanol–water partition coefficient (Wildman–Crippen LogP) is 5.60. The first-order valence-corrected chi connectivity index (χ1v) is 11.0. The van der Waals surface area contributed by atoms with Crippen molar-refractivity contribution in [1.29, 1.82) is 0 Å². The number of esters is 1. The normalized spacial score (nSPS) is 14.3. The summed E-state index contributed by atoms with van der Waals surface area (Å²) in [5.41, 5.74) is 5.70. The topological polar surface area (TPSA) is 64.2 Å². The van der Waals surface area contributed by atoms with E-state index in [-0.39, 0.29) is 5.97 Å². The summed E-state index contributed by atoms with van der Waals surface area (Å²) < 4.78 is 11.0. The van der Waals surface area contributed by atoms with Gasteiger partial charge in [-0.1, -0.05) is 12.8 Å². The molecule has 0 amide bonds. The molecule has 1 aliphatic rings. The van der Waals surface area contributed by atoms with E-state index in [2.05, 4.69) is 24.0 Å². The van der Waals surface area contributed by atoms with Crippen molar-refractivity contribution >= 4 is 16.9 Å². The number of pyridine rings is 1. The molecule has 1 saturated carbocycles. The highest BCUT2D eigenvalue weighted by Crippen LogP contribution is 2.34. The van der Waals surface area contributed by atoms with E-state index >= 15 is 0 Å². The van der Waals surface area contributed by atoms with Gasteiger partial charge in [0.1, 0.15) is 12.4 Å². The summed E-state index contributed by atoms with van der Waals surface area (Å²) in [6.07, 6.45) is 8.16. The minimum Gasteiger partial charge on any atom is -0.489 e. The van der Waals surface area contributed by atoms with Crippen LogP contribution < -0.4 is 4.74 Å². The molecule has 1 N–H and O–H groups in total. The molecule has 2 aromatic heterocycles. The molecule has 2 heterocycles. The van der Waals surface area contributed by atoms with Gasteiger partial charge in [0, 0.05) is 40.0 Å². The van der Waals surface area contributed by atoms with Gasteiger partial charge in [0.15, 0.2) is 0 Å². The highest BCUT2D eigenvalue weighted by molar-refractivity contribution is 5.82. The number of fused-ring (bicyclic) bond motifs is 1. The molecule has 158 valence electrons. The maximum atomic E-state index is 11.6. The minimum atomic E-state index is -0.164. The van der Waals surface area contributed by atoms with Gasteiger partial charge < -0.3 is 14.5 Å². The first-order valence-electron chi connectivity index (χ1n) is 11.0. The van der Waals surface area contributed by atoms with Gasteiger partial charge in [0.25, 0.3) is 0 Å². The number of carbonyl (C=O) groups is 1. The van der Waals surface area contributed by atoms with Crippen LogP contribution in [0.1, 0.15) is 67.5 Å². The van der Waals surface area contributed by atoms with E-state index in [0.717, 1.165) is 27.9 Å². The van der Waals surface area contributed by atoms with Crippen LogP contribution in [0.15, 0.2) is 36.5 Å². The van der Waals surface area contributed by atoms with Crippen molar-refractivity contribution in [3.8, 4) is 5.75 Å². The Hall–Kier alpha value is -2.82. The molecule has 0 spiro atoms. The van der Waals surface area contributed by atoms with E-state index in [9.17, 15) is 4.79 Å². The highest BCUT2D eigenvalue weighted by Gasteiger charge is 2.20. The molecule has 0 aliphatic heterocycles. The molecule has 30 heavy (non-hydrogen) atoms. The number of H-pyrrole nitrogens is 1. The Morgan fingerprint density at radius 2 is 2.03 bits per heavy atom. The van der Waals surface area contributed by atoms with Gasteiger partial charge in [-0.25, -0.2) is 0 Å². The van der Waals surface area contributed by atoms with Crippen molar-refractivity contribution in [2.24, 2.45) is 0 Å². The summed E-state index contributed by atoms with van der Waals surface area (Å²) in [5.74, 6) is 1.30. The molecule has 0 radical (unpaired) electrons. The highest BCUT2D eigenvalue weighted by atomic mass is 16.5. The van der Waals surface area contributed by atoms with Gasteiger partial charge in [0.2, 0.25) is 0 Å². The smallest absolute Gasteiger partial charge is 0.306 e. The molecule has 0 saturated heterocycles. The molecular formula is C25H30N2O3. The second-order valence-electron chi connectivity index (χ2n) is 8.16. The molecular weight excluding hydrogens is 376 g/mol. The van der Waals surface area contributed by atoms with Crippen LogP contribution in [0.3, 0.4) is 0 Å². The monoisotopic (exact) mass is 406 g/mol. The SMILES string of the molecule is CCOC(=O)CCc1cc2cc(OCc3cnc(C4CCCC4)c(C)c3)ccc2[nH]1. The number of aromatic amines is 1. The van der Waals surface area contributed by atoms with Crippen LogP contribution in [0.5, 0.6) is 5.75 Å². The van der Waals surface area contributed by atoms with Crippen molar-refractivity contribution in [3.05, 3.63) is 59.0 Å². The van der Waals surface area contributed by atoms with Crippen LogP contribution in [-0.4, -0.2) is 22.5 Å². The Kier molecular flexibility index (Phi) is 6.36. The van der Waals surface area contributed by atoms with E-state index < -0.39 is 0 Å². The van der Waals surface area contributed by atoms with E-state index in [1.54, 1.807) is 0 Å². The molecule has 1 fully saturated rings. The third kappa shape index (κ3) is 4.84. The molecule has 1 aromatic carbocycles. The molecule has 4 rings (SSSR count). The summed E-state index contributed by atoms with van der Waals surface area (Å²) in [6.45, 7) is 4.91. The zero-order chi connectivity index (χ0) is 20.9. The number of ether oxygens (including phenoxy) is 2. The first-order chi connectivity index (χ1) is 14.6. The molecule has 5 heteroatoms. The number of aromatic nitrogens is 2. The molecule has 0 bridgehead atoms. The van der Waals surface area contributed by atoms with Gasteiger partial charge in [0.05, 0.1) is 13.0 Å². The second-order valence-corrected chi connectivity index (χ2v) is 8.16. The van der Waals surface area contributed by atoms with E-state index in [1.165, 1.54) is 36.9 Å². The van der Waals surface area contributed by atoms with Crippen LogP contribution in [0.25, 0.3) is 10.9 Å². The van der Waals surface area contributed by atoms with Gasteiger partial charge in [-0.15, -0.1) is 0 Å². The first kappa shape index (κ1) is 20.5. The fourth-order valence-electron chi connectivity index (χ4n) is 4.38. The van der Waals surface area contributed by atoms with Crippen molar-refractivity contribution in [3.63, 3.8) is 0 Å². The van der Waals surface area contributed by atoms with Crippen molar-refractivity contribution < 1.29 is 14.3 Å². The summed E-state index contributed by atoms with van der Waals surface area (Å²) in [4.78, 5) is 19.7.